The van der Waals surface area contributed by atoms with Gasteiger partial charge in [-0.3, -0.25) is 0 Å². The Morgan fingerprint density at radius 2 is 1.65 bits per heavy atom. The van der Waals surface area contributed by atoms with Gasteiger partial charge in [-0.2, -0.15) is 0 Å². The largest absolute Gasteiger partial charge is 0.492 e. The lowest BCUT2D eigenvalue weighted by molar-refractivity contribution is -0.120. The second kappa shape index (κ2) is 5.24. The standard InChI is InChI=1S/C21H22O2/c1-14-5-7-18-17(8-14)10-16-6-4-15(2)9-19(16)20(18)23-13-21(3)11-22-12-21/h4-10H,11-13H2,1-3H3. The summed E-state index contributed by atoms with van der Waals surface area (Å²) in [5.74, 6) is 1.01. The maximum absolute atomic E-state index is 6.35. The molecule has 0 saturated carbocycles. The van der Waals surface area contributed by atoms with Crippen molar-refractivity contribution < 1.29 is 9.47 Å². The molecular formula is C21H22O2. The number of fused-ring (bicyclic) bond motifs is 2. The molecule has 3 aromatic carbocycles. The molecule has 0 unspecified atom stereocenters. The summed E-state index contributed by atoms with van der Waals surface area (Å²) in [6, 6.07) is 15.4. The van der Waals surface area contributed by atoms with E-state index in [-0.39, 0.29) is 5.41 Å². The number of ether oxygens (including phenoxy) is 2. The molecule has 0 atom stereocenters. The van der Waals surface area contributed by atoms with Gasteiger partial charge in [0.05, 0.1) is 19.8 Å². The fourth-order valence-electron chi connectivity index (χ4n) is 3.25. The van der Waals surface area contributed by atoms with Crippen molar-refractivity contribution in [3.8, 4) is 5.75 Å². The van der Waals surface area contributed by atoms with Gasteiger partial charge in [-0.1, -0.05) is 48.4 Å². The third-order valence-electron chi connectivity index (χ3n) is 4.68. The average molecular weight is 306 g/mol. The van der Waals surface area contributed by atoms with Crippen LogP contribution in [0.15, 0.2) is 42.5 Å². The average Bonchev–Trinajstić information content (AvgIpc) is 2.50. The molecule has 0 bridgehead atoms. The van der Waals surface area contributed by atoms with E-state index in [0.717, 1.165) is 19.0 Å². The molecule has 0 radical (unpaired) electrons. The predicted octanol–water partition coefficient (Wildman–Crippen LogP) is 5.03. The molecule has 1 aliphatic heterocycles. The summed E-state index contributed by atoms with van der Waals surface area (Å²) in [5.41, 5.74) is 2.67. The molecule has 2 heteroatoms. The molecule has 23 heavy (non-hydrogen) atoms. The normalized spacial score (nSPS) is 16.5. The van der Waals surface area contributed by atoms with Crippen molar-refractivity contribution in [1.82, 2.24) is 0 Å². The van der Waals surface area contributed by atoms with E-state index in [1.165, 1.54) is 32.7 Å². The Morgan fingerprint density at radius 3 is 2.39 bits per heavy atom. The lowest BCUT2D eigenvalue weighted by Gasteiger charge is -2.37. The monoisotopic (exact) mass is 306 g/mol. The van der Waals surface area contributed by atoms with Crippen LogP contribution in [0.25, 0.3) is 21.5 Å². The minimum Gasteiger partial charge on any atom is -0.492 e. The van der Waals surface area contributed by atoms with Gasteiger partial charge in [-0.15, -0.1) is 0 Å². The molecule has 3 aromatic rings. The van der Waals surface area contributed by atoms with Crippen LogP contribution in [0.3, 0.4) is 0 Å². The van der Waals surface area contributed by atoms with Gasteiger partial charge in [0.2, 0.25) is 0 Å². The maximum Gasteiger partial charge on any atom is 0.134 e. The van der Waals surface area contributed by atoms with Gasteiger partial charge in [0.15, 0.2) is 0 Å². The molecule has 0 aliphatic carbocycles. The van der Waals surface area contributed by atoms with Crippen molar-refractivity contribution in [3.05, 3.63) is 53.6 Å². The summed E-state index contributed by atoms with van der Waals surface area (Å²) in [4.78, 5) is 0. The third-order valence-corrected chi connectivity index (χ3v) is 4.68. The van der Waals surface area contributed by atoms with Crippen LogP contribution in [-0.2, 0) is 4.74 Å². The van der Waals surface area contributed by atoms with Crippen LogP contribution < -0.4 is 4.74 Å². The quantitative estimate of drug-likeness (QED) is 0.632. The van der Waals surface area contributed by atoms with Crippen molar-refractivity contribution in [2.45, 2.75) is 20.8 Å². The highest BCUT2D eigenvalue weighted by molar-refractivity contribution is 6.05. The molecule has 118 valence electrons. The van der Waals surface area contributed by atoms with Gasteiger partial charge in [0.1, 0.15) is 5.75 Å². The van der Waals surface area contributed by atoms with Gasteiger partial charge in [-0.05, 0) is 36.8 Å². The summed E-state index contributed by atoms with van der Waals surface area (Å²) in [5, 5.41) is 4.87. The van der Waals surface area contributed by atoms with E-state index < -0.39 is 0 Å². The molecular weight excluding hydrogens is 284 g/mol. The predicted molar refractivity (Wildman–Crippen MR) is 95.3 cm³/mol. The van der Waals surface area contributed by atoms with Gasteiger partial charge in [-0.25, -0.2) is 0 Å². The Bertz CT molecular complexity index is 891. The van der Waals surface area contributed by atoms with E-state index in [1.807, 2.05) is 0 Å². The zero-order valence-electron chi connectivity index (χ0n) is 14.0. The molecule has 0 aromatic heterocycles. The van der Waals surface area contributed by atoms with Gasteiger partial charge in [0.25, 0.3) is 0 Å². The SMILES string of the molecule is Cc1ccc2c(OCC3(C)COC3)c3cc(C)ccc3cc2c1. The van der Waals surface area contributed by atoms with Crippen LogP contribution in [-0.4, -0.2) is 19.8 Å². The first-order valence-electron chi connectivity index (χ1n) is 8.18. The van der Waals surface area contributed by atoms with E-state index in [9.17, 15) is 0 Å². The second-order valence-corrected chi connectivity index (χ2v) is 7.25. The molecule has 0 amide bonds. The third kappa shape index (κ3) is 2.57. The van der Waals surface area contributed by atoms with E-state index in [2.05, 4.69) is 63.2 Å². The van der Waals surface area contributed by atoms with E-state index in [1.54, 1.807) is 0 Å². The highest BCUT2D eigenvalue weighted by Crippen LogP contribution is 2.37. The molecule has 1 saturated heterocycles. The lowest BCUT2D eigenvalue weighted by atomic mass is 9.90. The van der Waals surface area contributed by atoms with Crippen molar-refractivity contribution in [2.24, 2.45) is 5.41 Å². The maximum atomic E-state index is 6.35. The Kier molecular flexibility index (Phi) is 3.31. The molecule has 2 nitrogen and oxygen atoms in total. The van der Waals surface area contributed by atoms with Gasteiger partial charge < -0.3 is 9.47 Å². The van der Waals surface area contributed by atoms with E-state index in [4.69, 9.17) is 9.47 Å². The minimum atomic E-state index is 0.142. The Labute approximate surface area is 137 Å². The Balaban J connectivity index is 1.89. The lowest BCUT2D eigenvalue weighted by Crippen LogP contribution is -2.44. The fourth-order valence-corrected chi connectivity index (χ4v) is 3.25. The first kappa shape index (κ1) is 14.5. The van der Waals surface area contributed by atoms with Crippen LogP contribution in [0.5, 0.6) is 5.75 Å². The summed E-state index contributed by atoms with van der Waals surface area (Å²) in [7, 11) is 0. The zero-order valence-corrected chi connectivity index (χ0v) is 14.0. The van der Waals surface area contributed by atoms with E-state index >= 15 is 0 Å². The number of hydrogen-bond donors (Lipinski definition) is 0. The number of rotatable bonds is 3. The first-order chi connectivity index (χ1) is 11.0. The summed E-state index contributed by atoms with van der Waals surface area (Å²) < 4.78 is 11.7. The molecule has 1 aliphatic rings. The number of hydrogen-bond acceptors (Lipinski definition) is 2. The van der Waals surface area contributed by atoms with Gasteiger partial charge in [0, 0.05) is 16.2 Å². The summed E-state index contributed by atoms with van der Waals surface area (Å²) in [6.45, 7) is 8.75. The first-order valence-corrected chi connectivity index (χ1v) is 8.18. The minimum absolute atomic E-state index is 0.142. The molecule has 1 heterocycles. The topological polar surface area (TPSA) is 18.5 Å². The van der Waals surface area contributed by atoms with Gasteiger partial charge >= 0.3 is 0 Å². The van der Waals surface area contributed by atoms with E-state index in [0.29, 0.717) is 6.61 Å². The smallest absolute Gasteiger partial charge is 0.134 e. The molecule has 1 fully saturated rings. The summed E-state index contributed by atoms with van der Waals surface area (Å²) in [6.07, 6.45) is 0. The Morgan fingerprint density at radius 1 is 0.913 bits per heavy atom. The van der Waals surface area contributed by atoms with Crippen molar-refractivity contribution in [1.29, 1.82) is 0 Å². The second-order valence-electron chi connectivity index (χ2n) is 7.25. The number of aryl methyl sites for hydroxylation is 2. The van der Waals surface area contributed by atoms with Crippen LogP contribution >= 0.6 is 0 Å². The van der Waals surface area contributed by atoms with Crippen LogP contribution in [0.2, 0.25) is 0 Å². The molecule has 0 spiro atoms. The van der Waals surface area contributed by atoms with Crippen LogP contribution in [0.1, 0.15) is 18.1 Å². The summed E-state index contributed by atoms with van der Waals surface area (Å²) >= 11 is 0. The highest BCUT2D eigenvalue weighted by Gasteiger charge is 2.34. The fraction of sp³-hybridized carbons (Fsp3) is 0.333. The Hall–Kier alpha value is -2.06. The molecule has 4 rings (SSSR count). The van der Waals surface area contributed by atoms with Crippen LogP contribution in [0, 0.1) is 19.3 Å². The molecule has 0 N–H and O–H groups in total. The zero-order chi connectivity index (χ0) is 16.0. The highest BCUT2D eigenvalue weighted by atomic mass is 16.5. The van der Waals surface area contributed by atoms with Crippen molar-refractivity contribution >= 4 is 21.5 Å². The number of benzene rings is 3. The van der Waals surface area contributed by atoms with Crippen LogP contribution in [0.4, 0.5) is 0 Å². The van der Waals surface area contributed by atoms with Crippen molar-refractivity contribution in [3.63, 3.8) is 0 Å². The van der Waals surface area contributed by atoms with Crippen molar-refractivity contribution in [2.75, 3.05) is 19.8 Å².